The number of hydrogen-bond acceptors (Lipinski definition) is 4. The average molecular weight is 375 g/mol. The van der Waals surface area contributed by atoms with Crippen molar-refractivity contribution in [3.63, 3.8) is 0 Å². The summed E-state index contributed by atoms with van der Waals surface area (Å²) in [6, 6.07) is 11.0. The SMILES string of the molecule is O=C(c1c[nH]c2ccccc12)N1CCN(S(=O)(=O)c2cccs2)CC1. The van der Waals surface area contributed by atoms with Crippen LogP contribution in [0.15, 0.2) is 52.2 Å². The van der Waals surface area contributed by atoms with E-state index in [9.17, 15) is 13.2 Å². The number of nitrogens with zero attached hydrogens (tertiary/aromatic N) is 2. The smallest absolute Gasteiger partial charge is 0.256 e. The number of aromatic amines is 1. The molecular weight excluding hydrogens is 358 g/mol. The van der Waals surface area contributed by atoms with Crippen LogP contribution < -0.4 is 0 Å². The fraction of sp³-hybridized carbons (Fsp3) is 0.235. The van der Waals surface area contributed by atoms with E-state index in [4.69, 9.17) is 0 Å². The van der Waals surface area contributed by atoms with Crippen molar-refractivity contribution in [3.05, 3.63) is 53.5 Å². The van der Waals surface area contributed by atoms with Crippen LogP contribution in [0.25, 0.3) is 10.9 Å². The van der Waals surface area contributed by atoms with Gasteiger partial charge in [-0.3, -0.25) is 4.79 Å². The molecule has 3 aromatic rings. The third-order valence-corrected chi connectivity index (χ3v) is 7.71. The van der Waals surface area contributed by atoms with Crippen LogP contribution in [0.5, 0.6) is 0 Å². The Labute approximate surface area is 149 Å². The fourth-order valence-corrected chi connectivity index (χ4v) is 5.65. The topological polar surface area (TPSA) is 73.5 Å². The van der Waals surface area contributed by atoms with Gasteiger partial charge < -0.3 is 9.88 Å². The highest BCUT2D eigenvalue weighted by Crippen LogP contribution is 2.24. The van der Waals surface area contributed by atoms with Crippen LogP contribution in [0.1, 0.15) is 10.4 Å². The average Bonchev–Trinajstić information content (AvgIpc) is 3.31. The Balaban J connectivity index is 1.49. The second-order valence-electron chi connectivity index (χ2n) is 5.88. The third-order valence-electron chi connectivity index (χ3n) is 4.43. The van der Waals surface area contributed by atoms with E-state index in [-0.39, 0.29) is 5.91 Å². The monoisotopic (exact) mass is 375 g/mol. The molecule has 25 heavy (non-hydrogen) atoms. The predicted octanol–water partition coefficient (Wildman–Crippen LogP) is 2.38. The van der Waals surface area contributed by atoms with Gasteiger partial charge in [0, 0.05) is 43.3 Å². The summed E-state index contributed by atoms with van der Waals surface area (Å²) < 4.78 is 26.9. The molecule has 6 nitrogen and oxygen atoms in total. The van der Waals surface area contributed by atoms with Crippen molar-refractivity contribution in [1.29, 1.82) is 0 Å². The molecule has 0 atom stereocenters. The molecule has 130 valence electrons. The molecule has 3 heterocycles. The molecule has 1 amide bonds. The molecule has 1 aromatic carbocycles. The largest absolute Gasteiger partial charge is 0.360 e. The molecule has 0 bridgehead atoms. The highest BCUT2D eigenvalue weighted by atomic mass is 32.2. The van der Waals surface area contributed by atoms with Crippen molar-refractivity contribution in [1.82, 2.24) is 14.2 Å². The van der Waals surface area contributed by atoms with Gasteiger partial charge in [-0.25, -0.2) is 8.42 Å². The van der Waals surface area contributed by atoms with E-state index in [1.807, 2.05) is 24.3 Å². The van der Waals surface area contributed by atoms with E-state index in [0.29, 0.717) is 36.0 Å². The molecule has 0 aliphatic carbocycles. The first-order valence-corrected chi connectivity index (χ1v) is 10.3. The minimum absolute atomic E-state index is 0.0642. The number of benzene rings is 1. The zero-order valence-corrected chi connectivity index (χ0v) is 15.0. The molecular formula is C17H17N3O3S2. The van der Waals surface area contributed by atoms with Crippen molar-refractivity contribution in [3.8, 4) is 0 Å². The molecule has 1 aliphatic rings. The zero-order valence-electron chi connectivity index (χ0n) is 13.4. The van der Waals surface area contributed by atoms with E-state index in [1.165, 1.54) is 15.6 Å². The summed E-state index contributed by atoms with van der Waals surface area (Å²) >= 11 is 1.22. The van der Waals surface area contributed by atoms with Gasteiger partial charge in [0.2, 0.25) is 0 Å². The summed E-state index contributed by atoms with van der Waals surface area (Å²) in [5.41, 5.74) is 1.55. The molecule has 0 unspecified atom stereocenters. The van der Waals surface area contributed by atoms with E-state index in [2.05, 4.69) is 4.98 Å². The number of rotatable bonds is 3. The summed E-state index contributed by atoms with van der Waals surface area (Å²) in [6.07, 6.45) is 1.72. The van der Waals surface area contributed by atoms with Crippen LogP contribution in [-0.4, -0.2) is 54.7 Å². The molecule has 1 fully saturated rings. The number of carbonyl (C=O) groups is 1. The lowest BCUT2D eigenvalue weighted by molar-refractivity contribution is 0.0700. The highest BCUT2D eigenvalue weighted by molar-refractivity contribution is 7.91. The Bertz CT molecular complexity index is 1000. The molecule has 0 radical (unpaired) electrons. The first-order chi connectivity index (χ1) is 12.1. The molecule has 8 heteroatoms. The Hall–Kier alpha value is -2.16. The summed E-state index contributed by atoms with van der Waals surface area (Å²) in [5, 5.41) is 2.64. The van der Waals surface area contributed by atoms with Gasteiger partial charge in [-0.1, -0.05) is 24.3 Å². The van der Waals surface area contributed by atoms with Gasteiger partial charge in [0.05, 0.1) is 5.56 Å². The molecule has 0 spiro atoms. The normalized spacial score (nSPS) is 16.4. The van der Waals surface area contributed by atoms with E-state index in [1.54, 1.807) is 28.6 Å². The third kappa shape index (κ3) is 2.86. The van der Waals surface area contributed by atoms with Crippen LogP contribution in [0.3, 0.4) is 0 Å². The van der Waals surface area contributed by atoms with E-state index >= 15 is 0 Å². The van der Waals surface area contributed by atoms with E-state index < -0.39 is 10.0 Å². The van der Waals surface area contributed by atoms with E-state index in [0.717, 1.165) is 10.9 Å². The number of piperazine rings is 1. The fourth-order valence-electron chi connectivity index (χ4n) is 3.09. The molecule has 1 aliphatic heterocycles. The van der Waals surface area contributed by atoms with Crippen molar-refractivity contribution in [2.45, 2.75) is 4.21 Å². The predicted molar refractivity (Wildman–Crippen MR) is 97.3 cm³/mol. The molecule has 4 rings (SSSR count). The Morgan fingerprint density at radius 3 is 2.52 bits per heavy atom. The number of hydrogen-bond donors (Lipinski definition) is 1. The lowest BCUT2D eigenvalue weighted by atomic mass is 10.1. The molecule has 1 saturated heterocycles. The van der Waals surface area contributed by atoms with Gasteiger partial charge in [0.15, 0.2) is 0 Å². The maximum atomic E-state index is 12.8. The maximum Gasteiger partial charge on any atom is 0.256 e. The summed E-state index contributed by atoms with van der Waals surface area (Å²) in [7, 11) is -3.45. The minimum Gasteiger partial charge on any atom is -0.360 e. The van der Waals surface area contributed by atoms with Gasteiger partial charge in [-0.15, -0.1) is 11.3 Å². The number of carbonyl (C=O) groups excluding carboxylic acids is 1. The first kappa shape index (κ1) is 16.3. The second kappa shape index (κ2) is 6.29. The Morgan fingerprint density at radius 1 is 1.04 bits per heavy atom. The number of amides is 1. The minimum atomic E-state index is -3.45. The van der Waals surface area contributed by atoms with Gasteiger partial charge in [-0.05, 0) is 17.5 Å². The number of sulfonamides is 1. The zero-order chi connectivity index (χ0) is 17.4. The quantitative estimate of drug-likeness (QED) is 0.764. The highest BCUT2D eigenvalue weighted by Gasteiger charge is 2.31. The number of thiophene rings is 1. The Kier molecular flexibility index (Phi) is 4.10. The van der Waals surface area contributed by atoms with Crippen LogP contribution in [0.4, 0.5) is 0 Å². The Morgan fingerprint density at radius 2 is 1.80 bits per heavy atom. The van der Waals surface area contributed by atoms with Crippen molar-refractivity contribution < 1.29 is 13.2 Å². The standard InChI is InChI=1S/C17H17N3O3S2/c21-17(14-12-18-15-5-2-1-4-13(14)15)19-7-9-20(10-8-19)25(22,23)16-6-3-11-24-16/h1-6,11-12,18H,7-10H2. The van der Waals surface area contributed by atoms with Crippen molar-refractivity contribution >= 4 is 38.2 Å². The van der Waals surface area contributed by atoms with Gasteiger partial charge in [0.1, 0.15) is 4.21 Å². The number of aromatic nitrogens is 1. The number of H-pyrrole nitrogens is 1. The maximum absolute atomic E-state index is 12.8. The second-order valence-corrected chi connectivity index (χ2v) is 8.99. The van der Waals surface area contributed by atoms with Gasteiger partial charge in [-0.2, -0.15) is 4.31 Å². The van der Waals surface area contributed by atoms with Crippen molar-refractivity contribution in [2.24, 2.45) is 0 Å². The molecule has 1 N–H and O–H groups in total. The van der Waals surface area contributed by atoms with Crippen LogP contribution in [0.2, 0.25) is 0 Å². The first-order valence-electron chi connectivity index (χ1n) is 7.96. The van der Waals surface area contributed by atoms with Gasteiger partial charge >= 0.3 is 0 Å². The van der Waals surface area contributed by atoms with Crippen LogP contribution in [0, 0.1) is 0 Å². The number of para-hydroxylation sites is 1. The number of nitrogens with one attached hydrogen (secondary N) is 1. The summed E-state index contributed by atoms with van der Waals surface area (Å²) in [6.45, 7) is 1.41. The summed E-state index contributed by atoms with van der Waals surface area (Å²) in [5.74, 6) is -0.0642. The molecule has 2 aromatic heterocycles. The van der Waals surface area contributed by atoms with Crippen LogP contribution >= 0.6 is 11.3 Å². The van der Waals surface area contributed by atoms with Gasteiger partial charge in [0.25, 0.3) is 15.9 Å². The summed E-state index contributed by atoms with van der Waals surface area (Å²) in [4.78, 5) is 17.6. The van der Waals surface area contributed by atoms with Crippen molar-refractivity contribution in [2.75, 3.05) is 26.2 Å². The lowest BCUT2D eigenvalue weighted by Gasteiger charge is -2.33. The molecule has 0 saturated carbocycles. The number of fused-ring (bicyclic) bond motifs is 1. The van der Waals surface area contributed by atoms with Crippen LogP contribution in [-0.2, 0) is 10.0 Å². The lowest BCUT2D eigenvalue weighted by Crippen LogP contribution is -2.50.